The first-order valence-corrected chi connectivity index (χ1v) is 27.7. The largest absolute Gasteiger partial charge is 2.00 e. The molecule has 0 fully saturated rings. The fourth-order valence-corrected chi connectivity index (χ4v) is 10.4. The number of benzene rings is 8. The van der Waals surface area contributed by atoms with Crippen molar-refractivity contribution >= 4 is 66.9 Å². The van der Waals surface area contributed by atoms with Crippen molar-refractivity contribution in [2.24, 2.45) is 0 Å². The van der Waals surface area contributed by atoms with Crippen molar-refractivity contribution in [3.8, 4) is 91.5 Å². The second-order valence-corrected chi connectivity index (χ2v) is 24.6. The van der Waals surface area contributed by atoms with E-state index >= 15 is 0 Å². The molecular formula is C68H64Cl4N12O4Zn. The third kappa shape index (κ3) is 13.2. The smallest absolute Gasteiger partial charge is 1.00 e. The molecule has 0 N–H and O–H groups in total. The molecule has 21 heteroatoms. The molecule has 89 heavy (non-hydrogen) atoms. The first kappa shape index (κ1) is 66.9. The van der Waals surface area contributed by atoms with Crippen LogP contribution in [0.5, 0.6) is 46.0 Å². The summed E-state index contributed by atoms with van der Waals surface area (Å²) in [6.45, 7) is 0. The van der Waals surface area contributed by atoms with E-state index in [2.05, 4.69) is 133 Å². The topological polar surface area (TPSA) is 142 Å². The first-order valence-electron chi connectivity index (χ1n) is 27.7. The van der Waals surface area contributed by atoms with Gasteiger partial charge in [-0.15, -0.1) is 0 Å². The van der Waals surface area contributed by atoms with E-state index < -0.39 is 0 Å². The van der Waals surface area contributed by atoms with Gasteiger partial charge in [0.25, 0.3) is 0 Å². The summed E-state index contributed by atoms with van der Waals surface area (Å²) in [5.74, 6) is 6.03. The summed E-state index contributed by atoms with van der Waals surface area (Å²) in [4.78, 5) is 42.6. The number of halogens is 4. The van der Waals surface area contributed by atoms with Gasteiger partial charge in [0, 0.05) is 93.0 Å². The van der Waals surface area contributed by atoms with Crippen molar-refractivity contribution in [1.29, 1.82) is 0 Å². The van der Waals surface area contributed by atoms with Crippen molar-refractivity contribution in [1.82, 2.24) is 57.8 Å². The van der Waals surface area contributed by atoms with Crippen LogP contribution in [0.2, 0.25) is 0 Å². The Bertz CT molecular complexity index is 4300. The van der Waals surface area contributed by atoms with Gasteiger partial charge in [-0.2, -0.15) is 0 Å². The number of quaternary nitrogens is 4. The zero-order valence-electron chi connectivity index (χ0n) is 51.4. The Kier molecular flexibility index (Phi) is 19.1. The van der Waals surface area contributed by atoms with Gasteiger partial charge in [-0.05, 0) is 83.6 Å². The Morgan fingerprint density at radius 2 is 0.539 bits per heavy atom. The zero-order chi connectivity index (χ0) is 58.5. The van der Waals surface area contributed by atoms with Gasteiger partial charge in [0.1, 0.15) is 68.7 Å². The molecule has 8 aromatic carbocycles. The SMILES string of the molecule is C[N+](C)(C)c1ccc(Oc2cccc3c2-c2nc-3nc3[n-]c(nc4nc(nc5[n-]c(n2)c2cccc(Oc6ccc([N+](C)(C)C)cc6)c52)-c2cccc(Oc5ccc([N+](C)(C)C)cc5)c2-4)c2cccc(Oc4ccc([N+](C)(C)C)cc4)c32)cc1.[Cl-].[Cl-].[Cl-].[Cl-].[Zn+2]. The molecule has 0 atom stereocenters. The van der Waals surface area contributed by atoms with Crippen molar-refractivity contribution < 1.29 is 88.1 Å². The second-order valence-electron chi connectivity index (χ2n) is 24.6. The van der Waals surface area contributed by atoms with E-state index in [1.807, 2.05) is 121 Å². The third-order valence-electron chi connectivity index (χ3n) is 15.0. The molecule has 0 amide bonds. The van der Waals surface area contributed by atoms with Crippen molar-refractivity contribution in [3.05, 3.63) is 170 Å². The molecule has 2 aliphatic heterocycles. The van der Waals surface area contributed by atoms with Crippen LogP contribution in [-0.4, -0.2) is 114 Å². The quantitative estimate of drug-likeness (QED) is 0.131. The van der Waals surface area contributed by atoms with Gasteiger partial charge in [0.15, 0.2) is 0 Å². The summed E-state index contributed by atoms with van der Waals surface area (Å²) in [6, 6.07) is 55.6. The summed E-state index contributed by atoms with van der Waals surface area (Å²) in [5, 5.41) is 2.60. The monoisotopic (exact) mass is 1320 g/mol. The molecule has 13 rings (SSSR count). The molecule has 11 aromatic rings. The van der Waals surface area contributed by atoms with E-state index in [0.29, 0.717) is 154 Å². The van der Waals surface area contributed by atoms with Crippen molar-refractivity contribution in [2.45, 2.75) is 0 Å². The molecule has 0 saturated carbocycles. The maximum Gasteiger partial charge on any atom is 2.00 e. The minimum atomic E-state index is 0. The number of aromatic nitrogens is 8. The van der Waals surface area contributed by atoms with Crippen LogP contribution in [0.25, 0.3) is 89.7 Å². The van der Waals surface area contributed by atoms with Crippen LogP contribution >= 0.6 is 0 Å². The fraction of sp³-hybridized carbons (Fsp3) is 0.176. The Balaban J connectivity index is 0.00000205. The first-order chi connectivity index (χ1) is 40.1. The van der Waals surface area contributed by atoms with Crippen molar-refractivity contribution in [3.63, 3.8) is 0 Å². The minimum Gasteiger partial charge on any atom is -1.00 e. The Hall–Kier alpha value is -8.06. The molecule has 0 unspecified atom stereocenters. The summed E-state index contributed by atoms with van der Waals surface area (Å²) in [7, 11) is 25.5. The molecular weight excluding hydrogens is 1260 g/mol. The molecule has 3 aromatic heterocycles. The van der Waals surface area contributed by atoms with Crippen LogP contribution in [0, 0.1) is 0 Å². The molecule has 0 radical (unpaired) electrons. The summed E-state index contributed by atoms with van der Waals surface area (Å²) in [6.07, 6.45) is 0. The molecule has 0 aliphatic carbocycles. The van der Waals surface area contributed by atoms with E-state index in [-0.39, 0.29) is 69.1 Å². The number of nitrogens with zero attached hydrogens (tertiary/aromatic N) is 12. The van der Waals surface area contributed by atoms with Crippen LogP contribution in [0.3, 0.4) is 0 Å². The Morgan fingerprint density at radius 1 is 0.281 bits per heavy atom. The zero-order valence-corrected chi connectivity index (χ0v) is 57.4. The van der Waals surface area contributed by atoms with Crippen LogP contribution in [-0.2, 0) is 19.5 Å². The number of ether oxygens (including phenoxy) is 4. The van der Waals surface area contributed by atoms with Crippen LogP contribution in [0.15, 0.2) is 170 Å². The molecule has 0 spiro atoms. The maximum absolute atomic E-state index is 6.80. The number of rotatable bonds is 12. The van der Waals surface area contributed by atoms with Gasteiger partial charge >= 0.3 is 19.5 Å². The van der Waals surface area contributed by atoms with E-state index in [1.165, 1.54) is 0 Å². The summed E-state index contributed by atoms with van der Waals surface area (Å²) in [5.41, 5.74) is 8.44. The fourth-order valence-electron chi connectivity index (χ4n) is 10.4. The minimum absolute atomic E-state index is 0. The number of hydrogen-bond donors (Lipinski definition) is 0. The molecule has 0 saturated heterocycles. The van der Waals surface area contributed by atoms with E-state index in [4.69, 9.17) is 58.8 Å². The standard InChI is InChI=1S/C68H64N12O4.4ClH.Zn/c1-77(2,3)41-25-33-45(34-26-41)81-53-21-13-17-49-57(53)65-69-61(49)74-66-59-51(19-15-23-55(59)83-47-37-29-43(30-38-47)79(7,8)9)63(71-66)76-68-60-52(20-16-24-56(60)84-48-39-31-44(32-40-48)80(10,11)12)64(72-68)75-67-58-50(62(70-67)73-65)18-14-22-54(58)82-46-35-27-42(28-36-46)78(4,5)6;;;;;/h13-40H,1-12H3;4*1H;/q+2;;;;;+2/p-4. The molecule has 8 bridgehead atoms. The predicted octanol–water partition coefficient (Wildman–Crippen LogP) is 2.10. The number of fused-ring (bicyclic) bond motifs is 20. The molecule has 2 aliphatic rings. The van der Waals surface area contributed by atoms with E-state index in [9.17, 15) is 0 Å². The van der Waals surface area contributed by atoms with Gasteiger partial charge in [-0.25, -0.2) is 9.97 Å². The van der Waals surface area contributed by atoms with E-state index in [0.717, 1.165) is 22.7 Å². The van der Waals surface area contributed by atoms with Gasteiger partial charge in [0.05, 0.1) is 119 Å². The van der Waals surface area contributed by atoms with Crippen LogP contribution < -0.4 is 96.5 Å². The van der Waals surface area contributed by atoms with Crippen LogP contribution in [0.4, 0.5) is 22.7 Å². The normalized spacial score (nSPS) is 11.8. The molecule has 16 nitrogen and oxygen atoms in total. The predicted molar refractivity (Wildman–Crippen MR) is 338 cm³/mol. The number of hydrogen-bond acceptors (Lipinski definition) is 10. The van der Waals surface area contributed by atoms with Crippen LogP contribution in [0.1, 0.15) is 0 Å². The molecule has 5 heterocycles. The average molecular weight is 1320 g/mol. The average Bonchev–Trinajstić information content (AvgIpc) is 1.98. The van der Waals surface area contributed by atoms with Gasteiger partial charge in [-0.1, -0.05) is 48.5 Å². The maximum atomic E-state index is 6.80. The summed E-state index contributed by atoms with van der Waals surface area (Å²) >= 11 is 0. The van der Waals surface area contributed by atoms with Gasteiger partial charge in [0.2, 0.25) is 0 Å². The van der Waals surface area contributed by atoms with Crippen molar-refractivity contribution in [2.75, 3.05) is 84.6 Å². The Labute approximate surface area is 555 Å². The molecule has 450 valence electrons. The van der Waals surface area contributed by atoms with E-state index in [1.54, 1.807) is 0 Å². The van der Waals surface area contributed by atoms with Gasteiger partial charge in [-0.3, -0.25) is 17.9 Å². The Morgan fingerprint density at radius 3 is 0.831 bits per heavy atom. The third-order valence-corrected chi connectivity index (χ3v) is 15.0. The summed E-state index contributed by atoms with van der Waals surface area (Å²) < 4.78 is 29.8. The van der Waals surface area contributed by atoms with Gasteiger partial charge < -0.3 is 98.5 Å². The second kappa shape index (κ2) is 25.4.